The zero-order valence-electron chi connectivity index (χ0n) is 12.3. The topological polar surface area (TPSA) is 27.7 Å². The van der Waals surface area contributed by atoms with E-state index in [2.05, 4.69) is 47.4 Å². The summed E-state index contributed by atoms with van der Waals surface area (Å²) in [5.41, 5.74) is 2.56. The van der Waals surface area contributed by atoms with Gasteiger partial charge < -0.3 is 15.0 Å². The molecular formula is C15H25N3O. The molecule has 106 valence electrons. The van der Waals surface area contributed by atoms with Crippen molar-refractivity contribution in [1.82, 2.24) is 15.1 Å². The number of hydrogen-bond donors (Lipinski definition) is 1. The molecule has 0 amide bonds. The third-order valence-corrected chi connectivity index (χ3v) is 3.47. The monoisotopic (exact) mass is 263 g/mol. The molecule has 0 unspecified atom stereocenters. The summed E-state index contributed by atoms with van der Waals surface area (Å²) in [6.07, 6.45) is 0. The van der Waals surface area contributed by atoms with Crippen LogP contribution in [0.3, 0.4) is 0 Å². The number of methoxy groups -OCH3 is 1. The van der Waals surface area contributed by atoms with E-state index in [0.717, 1.165) is 45.0 Å². The van der Waals surface area contributed by atoms with Gasteiger partial charge in [0.05, 0.1) is 7.11 Å². The van der Waals surface area contributed by atoms with Crippen LogP contribution in [0.15, 0.2) is 18.2 Å². The van der Waals surface area contributed by atoms with Crippen LogP contribution in [0.25, 0.3) is 0 Å². The largest absolute Gasteiger partial charge is 0.496 e. The first-order valence-corrected chi connectivity index (χ1v) is 6.93. The van der Waals surface area contributed by atoms with Crippen LogP contribution in [0, 0.1) is 0 Å². The van der Waals surface area contributed by atoms with Gasteiger partial charge in [0.25, 0.3) is 0 Å². The Bertz CT molecular complexity index is 400. The fraction of sp³-hybridized carbons (Fsp3) is 0.600. The minimum atomic E-state index is 0.915. The smallest absolute Gasteiger partial charge is 0.127 e. The van der Waals surface area contributed by atoms with Crippen LogP contribution >= 0.6 is 0 Å². The van der Waals surface area contributed by atoms with E-state index in [9.17, 15) is 0 Å². The van der Waals surface area contributed by atoms with Crippen LogP contribution in [0.2, 0.25) is 0 Å². The highest BCUT2D eigenvalue weighted by Crippen LogP contribution is 2.26. The highest BCUT2D eigenvalue weighted by Gasteiger charge is 2.14. The summed E-state index contributed by atoms with van der Waals surface area (Å²) in [7, 11) is 5.95. The van der Waals surface area contributed by atoms with Crippen molar-refractivity contribution in [3.63, 3.8) is 0 Å². The highest BCUT2D eigenvalue weighted by atomic mass is 16.5. The first-order valence-electron chi connectivity index (χ1n) is 6.93. The lowest BCUT2D eigenvalue weighted by atomic mass is 10.1. The molecule has 0 aliphatic carbocycles. The Kier molecular flexibility index (Phi) is 5.19. The molecule has 1 aliphatic heterocycles. The van der Waals surface area contributed by atoms with E-state index in [4.69, 9.17) is 4.74 Å². The Hall–Kier alpha value is -1.10. The Morgan fingerprint density at radius 2 is 1.89 bits per heavy atom. The number of para-hydroxylation sites is 1. The molecule has 4 heteroatoms. The van der Waals surface area contributed by atoms with Crippen LogP contribution in [-0.2, 0) is 13.1 Å². The molecule has 1 aromatic carbocycles. The molecule has 0 atom stereocenters. The lowest BCUT2D eigenvalue weighted by Gasteiger charge is -2.28. The second-order valence-electron chi connectivity index (χ2n) is 5.37. The molecule has 1 N–H and O–H groups in total. The predicted octanol–water partition coefficient (Wildman–Crippen LogP) is 1.16. The second-order valence-corrected chi connectivity index (χ2v) is 5.37. The Morgan fingerprint density at radius 1 is 1.21 bits per heavy atom. The summed E-state index contributed by atoms with van der Waals surface area (Å²) >= 11 is 0. The summed E-state index contributed by atoms with van der Waals surface area (Å²) < 4.78 is 5.65. The zero-order chi connectivity index (χ0) is 13.7. The van der Waals surface area contributed by atoms with Crippen molar-refractivity contribution in [3.05, 3.63) is 29.3 Å². The maximum Gasteiger partial charge on any atom is 0.127 e. The van der Waals surface area contributed by atoms with Crippen LogP contribution in [-0.4, -0.2) is 57.2 Å². The number of rotatable bonds is 5. The fourth-order valence-electron chi connectivity index (χ4n) is 2.60. The fourth-order valence-corrected chi connectivity index (χ4v) is 2.60. The average Bonchev–Trinajstić information content (AvgIpc) is 2.39. The number of piperazine rings is 1. The second kappa shape index (κ2) is 6.89. The first-order chi connectivity index (χ1) is 9.20. The van der Waals surface area contributed by atoms with Crippen LogP contribution in [0.5, 0.6) is 5.75 Å². The van der Waals surface area contributed by atoms with Gasteiger partial charge in [-0.05, 0) is 14.1 Å². The van der Waals surface area contributed by atoms with Gasteiger partial charge in [-0.2, -0.15) is 0 Å². The highest BCUT2D eigenvalue weighted by molar-refractivity contribution is 5.41. The lowest BCUT2D eigenvalue weighted by Crippen LogP contribution is -2.42. The van der Waals surface area contributed by atoms with Gasteiger partial charge in [0.15, 0.2) is 0 Å². The molecule has 2 rings (SSSR count). The third kappa shape index (κ3) is 3.93. The van der Waals surface area contributed by atoms with Crippen molar-refractivity contribution in [2.45, 2.75) is 13.1 Å². The van der Waals surface area contributed by atoms with Crippen molar-refractivity contribution in [2.24, 2.45) is 0 Å². The van der Waals surface area contributed by atoms with Crippen molar-refractivity contribution in [3.8, 4) is 5.75 Å². The zero-order valence-corrected chi connectivity index (χ0v) is 12.3. The summed E-state index contributed by atoms with van der Waals surface area (Å²) in [6, 6.07) is 6.47. The Labute approximate surface area is 116 Å². The number of ether oxygens (including phenoxy) is 1. The molecule has 1 aliphatic rings. The standard InChI is InChI=1S/C15H25N3O/c1-17(2)11-13-5-4-6-14(15(13)19-3)12-18-9-7-16-8-10-18/h4-6,16H,7-12H2,1-3H3. The average molecular weight is 263 g/mol. The molecule has 4 nitrogen and oxygen atoms in total. The molecular weight excluding hydrogens is 238 g/mol. The number of hydrogen-bond acceptors (Lipinski definition) is 4. The van der Waals surface area contributed by atoms with E-state index in [1.807, 2.05) is 0 Å². The molecule has 1 heterocycles. The van der Waals surface area contributed by atoms with Gasteiger partial charge in [-0.3, -0.25) is 4.90 Å². The Balaban J connectivity index is 2.14. The normalized spacial score (nSPS) is 16.8. The third-order valence-electron chi connectivity index (χ3n) is 3.47. The SMILES string of the molecule is COc1c(CN(C)C)cccc1CN1CCNCC1. The van der Waals surface area contributed by atoms with Gasteiger partial charge in [0.1, 0.15) is 5.75 Å². The molecule has 1 fully saturated rings. The van der Waals surface area contributed by atoms with E-state index < -0.39 is 0 Å². The van der Waals surface area contributed by atoms with Crippen LogP contribution < -0.4 is 10.1 Å². The number of benzene rings is 1. The van der Waals surface area contributed by atoms with Gasteiger partial charge >= 0.3 is 0 Å². The molecule has 0 bridgehead atoms. The first kappa shape index (κ1) is 14.3. The lowest BCUT2D eigenvalue weighted by molar-refractivity contribution is 0.229. The number of nitrogens with one attached hydrogen (secondary N) is 1. The van der Waals surface area contributed by atoms with Crippen LogP contribution in [0.4, 0.5) is 0 Å². The van der Waals surface area contributed by atoms with Crippen molar-refractivity contribution >= 4 is 0 Å². The molecule has 0 spiro atoms. The maximum atomic E-state index is 5.65. The predicted molar refractivity (Wildman–Crippen MR) is 78.5 cm³/mol. The van der Waals surface area contributed by atoms with Gasteiger partial charge in [-0.25, -0.2) is 0 Å². The van der Waals surface area contributed by atoms with Crippen molar-refractivity contribution < 1.29 is 4.74 Å². The number of nitrogens with zero attached hydrogens (tertiary/aromatic N) is 2. The van der Waals surface area contributed by atoms with E-state index in [0.29, 0.717) is 0 Å². The van der Waals surface area contributed by atoms with E-state index in [1.54, 1.807) is 7.11 Å². The summed E-state index contributed by atoms with van der Waals surface area (Å²) in [5, 5.41) is 3.39. The summed E-state index contributed by atoms with van der Waals surface area (Å²) in [6.45, 7) is 6.28. The van der Waals surface area contributed by atoms with Crippen molar-refractivity contribution in [2.75, 3.05) is 47.4 Å². The van der Waals surface area contributed by atoms with Gasteiger partial charge in [-0.15, -0.1) is 0 Å². The quantitative estimate of drug-likeness (QED) is 0.863. The molecule has 1 saturated heterocycles. The molecule has 0 saturated carbocycles. The minimum Gasteiger partial charge on any atom is -0.496 e. The van der Waals surface area contributed by atoms with E-state index in [1.165, 1.54) is 11.1 Å². The molecule has 0 aromatic heterocycles. The van der Waals surface area contributed by atoms with Gasteiger partial charge in [0, 0.05) is 50.4 Å². The van der Waals surface area contributed by atoms with Crippen LogP contribution in [0.1, 0.15) is 11.1 Å². The maximum absolute atomic E-state index is 5.65. The molecule has 19 heavy (non-hydrogen) atoms. The van der Waals surface area contributed by atoms with Gasteiger partial charge in [0.2, 0.25) is 0 Å². The minimum absolute atomic E-state index is 0.915. The molecule has 1 aromatic rings. The van der Waals surface area contributed by atoms with Crippen molar-refractivity contribution in [1.29, 1.82) is 0 Å². The van der Waals surface area contributed by atoms with E-state index >= 15 is 0 Å². The summed E-state index contributed by atoms with van der Waals surface area (Å²) in [5.74, 6) is 1.05. The Morgan fingerprint density at radius 3 is 2.53 bits per heavy atom. The summed E-state index contributed by atoms with van der Waals surface area (Å²) in [4.78, 5) is 4.65. The van der Waals surface area contributed by atoms with E-state index in [-0.39, 0.29) is 0 Å². The molecule has 0 radical (unpaired) electrons. The van der Waals surface area contributed by atoms with Gasteiger partial charge in [-0.1, -0.05) is 18.2 Å².